The van der Waals surface area contributed by atoms with Gasteiger partial charge in [-0.1, -0.05) is 42.0 Å². The third kappa shape index (κ3) is 3.12. The SMILES string of the molecule is CC(=O)N1CCN(c2nc(-c3ccccc3)c3cc(C)ccc3n2)CC1. The molecule has 1 aliphatic rings. The normalized spacial score (nSPS) is 14.7. The minimum absolute atomic E-state index is 0.129. The van der Waals surface area contributed by atoms with Crippen LogP contribution in [0.2, 0.25) is 0 Å². The summed E-state index contributed by atoms with van der Waals surface area (Å²) in [6.45, 7) is 6.65. The molecule has 1 aromatic heterocycles. The summed E-state index contributed by atoms with van der Waals surface area (Å²) in [5.74, 6) is 0.868. The van der Waals surface area contributed by atoms with Gasteiger partial charge in [-0.25, -0.2) is 9.97 Å². The molecule has 3 aromatic rings. The second kappa shape index (κ2) is 6.75. The van der Waals surface area contributed by atoms with E-state index in [1.54, 1.807) is 6.92 Å². The molecule has 0 N–H and O–H groups in total. The predicted octanol–water partition coefficient (Wildman–Crippen LogP) is 3.27. The maximum atomic E-state index is 11.6. The lowest BCUT2D eigenvalue weighted by atomic mass is 10.0. The number of nitrogens with zero attached hydrogens (tertiary/aromatic N) is 4. The number of aromatic nitrogens is 2. The summed E-state index contributed by atoms with van der Waals surface area (Å²) >= 11 is 0. The molecule has 132 valence electrons. The highest BCUT2D eigenvalue weighted by molar-refractivity contribution is 5.93. The standard InChI is InChI=1S/C21H22N4O/c1-15-8-9-19-18(14-15)20(17-6-4-3-5-7-17)23-21(22-19)25-12-10-24(11-13-25)16(2)26/h3-9,14H,10-13H2,1-2H3. The first-order valence-electron chi connectivity index (χ1n) is 8.96. The molecular formula is C21H22N4O. The van der Waals surface area contributed by atoms with Crippen LogP contribution in [0.3, 0.4) is 0 Å². The Morgan fingerprint density at radius 2 is 1.69 bits per heavy atom. The minimum Gasteiger partial charge on any atom is -0.339 e. The van der Waals surface area contributed by atoms with Crippen LogP contribution >= 0.6 is 0 Å². The average molecular weight is 346 g/mol. The van der Waals surface area contributed by atoms with E-state index in [9.17, 15) is 4.79 Å². The van der Waals surface area contributed by atoms with Gasteiger partial charge in [0.1, 0.15) is 0 Å². The fourth-order valence-corrected chi connectivity index (χ4v) is 3.41. The van der Waals surface area contributed by atoms with Gasteiger partial charge in [0, 0.05) is 44.1 Å². The first-order chi connectivity index (χ1) is 12.6. The zero-order valence-corrected chi connectivity index (χ0v) is 15.1. The molecule has 0 saturated carbocycles. The Kier molecular flexibility index (Phi) is 4.29. The van der Waals surface area contributed by atoms with Crippen molar-refractivity contribution in [3.63, 3.8) is 0 Å². The van der Waals surface area contributed by atoms with Crippen LogP contribution in [0.5, 0.6) is 0 Å². The van der Waals surface area contributed by atoms with Crippen molar-refractivity contribution >= 4 is 22.8 Å². The summed E-state index contributed by atoms with van der Waals surface area (Å²) in [5, 5.41) is 1.07. The monoisotopic (exact) mass is 346 g/mol. The van der Waals surface area contributed by atoms with E-state index in [4.69, 9.17) is 9.97 Å². The van der Waals surface area contributed by atoms with Gasteiger partial charge in [-0.15, -0.1) is 0 Å². The summed E-state index contributed by atoms with van der Waals surface area (Å²) in [7, 11) is 0. The molecule has 5 heteroatoms. The molecule has 0 atom stereocenters. The quantitative estimate of drug-likeness (QED) is 0.714. The smallest absolute Gasteiger partial charge is 0.226 e. The number of benzene rings is 2. The van der Waals surface area contributed by atoms with E-state index in [0.29, 0.717) is 13.1 Å². The number of aryl methyl sites for hydroxylation is 1. The van der Waals surface area contributed by atoms with Gasteiger partial charge in [-0.3, -0.25) is 4.79 Å². The molecule has 1 fully saturated rings. The van der Waals surface area contributed by atoms with Crippen LogP contribution < -0.4 is 4.90 Å². The highest BCUT2D eigenvalue weighted by Crippen LogP contribution is 2.29. The number of anilines is 1. The van der Waals surface area contributed by atoms with Crippen LogP contribution in [0.1, 0.15) is 12.5 Å². The Morgan fingerprint density at radius 1 is 0.962 bits per heavy atom. The van der Waals surface area contributed by atoms with E-state index in [1.165, 1.54) is 5.56 Å². The lowest BCUT2D eigenvalue weighted by molar-refractivity contribution is -0.129. The largest absolute Gasteiger partial charge is 0.339 e. The molecule has 1 aliphatic heterocycles. The van der Waals surface area contributed by atoms with Gasteiger partial charge in [-0.05, 0) is 19.1 Å². The highest BCUT2D eigenvalue weighted by atomic mass is 16.2. The van der Waals surface area contributed by atoms with Crippen molar-refractivity contribution in [3.05, 3.63) is 54.1 Å². The third-order valence-electron chi connectivity index (χ3n) is 4.89. The number of hydrogen-bond donors (Lipinski definition) is 0. The number of carbonyl (C=O) groups is 1. The number of rotatable bonds is 2. The molecule has 1 saturated heterocycles. The summed E-state index contributed by atoms with van der Waals surface area (Å²) in [6, 6.07) is 16.5. The van der Waals surface area contributed by atoms with Gasteiger partial charge in [0.2, 0.25) is 11.9 Å². The number of amides is 1. The zero-order valence-electron chi connectivity index (χ0n) is 15.1. The van der Waals surface area contributed by atoms with Gasteiger partial charge in [0.05, 0.1) is 11.2 Å². The Hall–Kier alpha value is -2.95. The van der Waals surface area contributed by atoms with Crippen LogP contribution in [-0.2, 0) is 4.79 Å². The van der Waals surface area contributed by atoms with E-state index in [2.05, 4.69) is 42.2 Å². The van der Waals surface area contributed by atoms with Crippen molar-refractivity contribution in [2.24, 2.45) is 0 Å². The topological polar surface area (TPSA) is 49.3 Å². The predicted molar refractivity (Wildman–Crippen MR) is 104 cm³/mol. The molecule has 0 bridgehead atoms. The molecule has 0 aliphatic carbocycles. The Labute approximate surface area is 153 Å². The summed E-state index contributed by atoms with van der Waals surface area (Å²) in [6.07, 6.45) is 0. The van der Waals surface area contributed by atoms with Crippen LogP contribution in [-0.4, -0.2) is 47.0 Å². The van der Waals surface area contributed by atoms with E-state index in [-0.39, 0.29) is 5.91 Å². The number of piperazine rings is 1. The van der Waals surface area contributed by atoms with Gasteiger partial charge in [0.25, 0.3) is 0 Å². The summed E-state index contributed by atoms with van der Waals surface area (Å²) in [4.78, 5) is 25.3. The van der Waals surface area contributed by atoms with Crippen molar-refractivity contribution in [3.8, 4) is 11.3 Å². The Morgan fingerprint density at radius 3 is 2.38 bits per heavy atom. The number of carbonyl (C=O) groups excluding carboxylic acids is 1. The summed E-state index contributed by atoms with van der Waals surface area (Å²) in [5.41, 5.74) is 4.20. The Balaban J connectivity index is 1.77. The van der Waals surface area contributed by atoms with Crippen LogP contribution in [0.25, 0.3) is 22.2 Å². The lowest BCUT2D eigenvalue weighted by Crippen LogP contribution is -2.48. The van der Waals surface area contributed by atoms with E-state index in [0.717, 1.165) is 41.2 Å². The fraction of sp³-hybridized carbons (Fsp3) is 0.286. The van der Waals surface area contributed by atoms with E-state index in [1.807, 2.05) is 23.1 Å². The minimum atomic E-state index is 0.129. The van der Waals surface area contributed by atoms with Crippen LogP contribution in [0, 0.1) is 6.92 Å². The van der Waals surface area contributed by atoms with Gasteiger partial charge < -0.3 is 9.80 Å². The van der Waals surface area contributed by atoms with Gasteiger partial charge >= 0.3 is 0 Å². The second-order valence-corrected chi connectivity index (χ2v) is 6.75. The Bertz CT molecular complexity index is 947. The molecular weight excluding hydrogens is 324 g/mol. The molecule has 26 heavy (non-hydrogen) atoms. The van der Waals surface area contributed by atoms with E-state index < -0.39 is 0 Å². The van der Waals surface area contributed by atoms with Crippen molar-refractivity contribution in [1.82, 2.24) is 14.9 Å². The first kappa shape index (κ1) is 16.5. The molecule has 2 heterocycles. The maximum Gasteiger partial charge on any atom is 0.226 e. The number of fused-ring (bicyclic) bond motifs is 1. The van der Waals surface area contributed by atoms with E-state index >= 15 is 0 Å². The maximum absolute atomic E-state index is 11.6. The van der Waals surface area contributed by atoms with Crippen molar-refractivity contribution < 1.29 is 4.79 Å². The molecule has 4 rings (SSSR count). The third-order valence-corrected chi connectivity index (χ3v) is 4.89. The van der Waals surface area contributed by atoms with Gasteiger partial charge in [0.15, 0.2) is 0 Å². The average Bonchev–Trinajstić information content (AvgIpc) is 2.68. The molecule has 5 nitrogen and oxygen atoms in total. The lowest BCUT2D eigenvalue weighted by Gasteiger charge is -2.34. The second-order valence-electron chi connectivity index (χ2n) is 6.75. The summed E-state index contributed by atoms with van der Waals surface area (Å²) < 4.78 is 0. The fourth-order valence-electron chi connectivity index (χ4n) is 3.41. The van der Waals surface area contributed by atoms with Crippen molar-refractivity contribution in [2.75, 3.05) is 31.1 Å². The molecule has 1 amide bonds. The number of hydrogen-bond acceptors (Lipinski definition) is 4. The van der Waals surface area contributed by atoms with Crippen molar-refractivity contribution in [2.45, 2.75) is 13.8 Å². The molecule has 0 radical (unpaired) electrons. The van der Waals surface area contributed by atoms with Crippen LogP contribution in [0.4, 0.5) is 5.95 Å². The van der Waals surface area contributed by atoms with Gasteiger partial charge in [-0.2, -0.15) is 0 Å². The zero-order chi connectivity index (χ0) is 18.1. The highest BCUT2D eigenvalue weighted by Gasteiger charge is 2.22. The molecule has 2 aromatic carbocycles. The molecule has 0 spiro atoms. The van der Waals surface area contributed by atoms with Crippen molar-refractivity contribution in [1.29, 1.82) is 0 Å². The molecule has 0 unspecified atom stereocenters. The van der Waals surface area contributed by atoms with Crippen LogP contribution in [0.15, 0.2) is 48.5 Å². The first-order valence-corrected chi connectivity index (χ1v) is 8.96.